The van der Waals surface area contributed by atoms with Crippen LogP contribution in [0.5, 0.6) is 0 Å². The molecule has 34 heavy (non-hydrogen) atoms. The molecule has 1 atom stereocenters. The molecule has 1 N–H and O–H groups in total. The van der Waals surface area contributed by atoms with Gasteiger partial charge in [0.05, 0.1) is 34.7 Å². The van der Waals surface area contributed by atoms with Gasteiger partial charge in [0.2, 0.25) is 5.91 Å². The first-order valence-electron chi connectivity index (χ1n) is 11.1. The molecule has 0 aliphatic heterocycles. The normalized spacial score (nSPS) is 13.9. The Morgan fingerprint density at radius 1 is 1.29 bits per heavy atom. The minimum absolute atomic E-state index is 0.0919. The average Bonchev–Trinajstić information content (AvgIpc) is 3.49. The number of thiophene rings is 1. The van der Waals surface area contributed by atoms with Gasteiger partial charge in [-0.05, 0) is 62.4 Å². The van der Waals surface area contributed by atoms with E-state index in [-0.39, 0.29) is 18.0 Å². The van der Waals surface area contributed by atoms with Crippen LogP contribution >= 0.6 is 23.1 Å². The second-order valence-corrected chi connectivity index (χ2v) is 10.6. The lowest BCUT2D eigenvalue weighted by atomic mass is 9.97. The predicted molar refractivity (Wildman–Crippen MR) is 133 cm³/mol. The van der Waals surface area contributed by atoms with E-state index in [1.165, 1.54) is 16.6 Å². The van der Waals surface area contributed by atoms with Crippen molar-refractivity contribution in [3.63, 3.8) is 0 Å². The van der Waals surface area contributed by atoms with Crippen molar-refractivity contribution in [2.45, 2.75) is 49.6 Å². The number of carbonyl (C=O) groups excluding carboxylic acids is 1. The van der Waals surface area contributed by atoms with E-state index < -0.39 is 5.25 Å². The molecule has 0 radical (unpaired) electrons. The van der Waals surface area contributed by atoms with Gasteiger partial charge in [0, 0.05) is 4.88 Å². The SMILES string of the molecule is CC(Sc1nc2sc3c(c2c(=O)n1Cc1ccco1)CCCC3)C(=O)Nc1ccccc1C#N. The largest absolute Gasteiger partial charge is 0.467 e. The average molecular weight is 491 g/mol. The van der Waals surface area contributed by atoms with Crippen molar-refractivity contribution in [2.75, 3.05) is 5.32 Å². The molecular weight excluding hydrogens is 468 g/mol. The standard InChI is InChI=1S/C25H22N4O3S2/c1-15(22(30)27-19-10-4-2-7-16(19)13-26)33-25-28-23-21(18-9-3-5-11-20(18)34-23)24(31)29(25)14-17-8-6-12-32-17/h2,4,6-8,10,12,15H,3,5,9,11,14H2,1H3,(H,27,30). The Kier molecular flexibility index (Phi) is 6.26. The maximum absolute atomic E-state index is 13.7. The van der Waals surface area contributed by atoms with Gasteiger partial charge in [-0.25, -0.2) is 4.98 Å². The van der Waals surface area contributed by atoms with Crippen LogP contribution in [0.4, 0.5) is 5.69 Å². The number of hydrogen-bond donors (Lipinski definition) is 1. The fourth-order valence-corrected chi connectivity index (χ4v) is 6.35. The van der Waals surface area contributed by atoms with Gasteiger partial charge in [-0.15, -0.1) is 11.3 Å². The molecule has 3 heterocycles. The first-order valence-corrected chi connectivity index (χ1v) is 12.8. The maximum atomic E-state index is 13.7. The number of anilines is 1. The number of thioether (sulfide) groups is 1. The van der Waals surface area contributed by atoms with Crippen LogP contribution in [-0.4, -0.2) is 20.7 Å². The second-order valence-electron chi connectivity index (χ2n) is 8.16. The van der Waals surface area contributed by atoms with Crippen LogP contribution < -0.4 is 10.9 Å². The lowest BCUT2D eigenvalue weighted by Crippen LogP contribution is -2.27. The molecule has 0 fully saturated rings. The predicted octanol–water partition coefficient (Wildman–Crippen LogP) is 4.97. The third-order valence-corrected chi connectivity index (χ3v) is 8.17. The second kappa shape index (κ2) is 9.49. The van der Waals surface area contributed by atoms with Gasteiger partial charge >= 0.3 is 0 Å². The summed E-state index contributed by atoms with van der Waals surface area (Å²) in [5, 5.41) is 12.8. The fourth-order valence-electron chi connectivity index (χ4n) is 4.14. The van der Waals surface area contributed by atoms with Crippen LogP contribution in [0.15, 0.2) is 57.0 Å². The van der Waals surface area contributed by atoms with Crippen LogP contribution in [0.25, 0.3) is 10.2 Å². The highest BCUT2D eigenvalue weighted by Crippen LogP contribution is 2.35. The molecule has 1 aromatic carbocycles. The Morgan fingerprint density at radius 2 is 2.12 bits per heavy atom. The summed E-state index contributed by atoms with van der Waals surface area (Å²) < 4.78 is 7.12. The van der Waals surface area contributed by atoms with Crippen LogP contribution in [0.2, 0.25) is 0 Å². The van der Waals surface area contributed by atoms with Crippen LogP contribution in [-0.2, 0) is 24.2 Å². The van der Waals surface area contributed by atoms with Crippen LogP contribution in [0.1, 0.15) is 41.5 Å². The molecule has 0 bridgehead atoms. The number of fused-ring (bicyclic) bond motifs is 3. The summed E-state index contributed by atoms with van der Waals surface area (Å²) >= 11 is 2.82. The van der Waals surface area contributed by atoms with E-state index in [0.717, 1.165) is 36.1 Å². The highest BCUT2D eigenvalue weighted by atomic mass is 32.2. The van der Waals surface area contributed by atoms with E-state index in [0.29, 0.717) is 27.6 Å². The van der Waals surface area contributed by atoms with E-state index in [1.54, 1.807) is 59.4 Å². The number of hydrogen-bond acceptors (Lipinski definition) is 7. The van der Waals surface area contributed by atoms with Gasteiger partial charge in [-0.3, -0.25) is 14.2 Å². The zero-order valence-electron chi connectivity index (χ0n) is 18.5. The van der Waals surface area contributed by atoms with Crippen molar-refractivity contribution in [3.05, 3.63) is 74.8 Å². The first-order chi connectivity index (χ1) is 16.5. The molecule has 0 saturated carbocycles. The van der Waals surface area contributed by atoms with Crippen molar-refractivity contribution >= 4 is 44.9 Å². The number of nitrogens with one attached hydrogen (secondary N) is 1. The van der Waals surface area contributed by atoms with Gasteiger partial charge in [-0.1, -0.05) is 23.9 Å². The van der Waals surface area contributed by atoms with Gasteiger partial charge < -0.3 is 9.73 Å². The summed E-state index contributed by atoms with van der Waals surface area (Å²) in [4.78, 5) is 33.5. The number of aryl methyl sites for hydroxylation is 2. The molecule has 0 spiro atoms. The monoisotopic (exact) mass is 490 g/mol. The van der Waals surface area contributed by atoms with Gasteiger partial charge in [0.1, 0.15) is 16.7 Å². The maximum Gasteiger partial charge on any atom is 0.263 e. The summed E-state index contributed by atoms with van der Waals surface area (Å²) in [6.07, 6.45) is 5.66. The number of rotatable bonds is 6. The first kappa shape index (κ1) is 22.4. The smallest absolute Gasteiger partial charge is 0.263 e. The Bertz CT molecular complexity index is 1460. The Hall–Kier alpha value is -3.35. The number of benzene rings is 1. The van der Waals surface area contributed by atoms with E-state index >= 15 is 0 Å². The summed E-state index contributed by atoms with van der Waals surface area (Å²) in [7, 11) is 0. The van der Waals surface area contributed by atoms with E-state index in [2.05, 4.69) is 11.4 Å². The third kappa shape index (κ3) is 4.27. The van der Waals surface area contributed by atoms with Gasteiger partial charge in [0.25, 0.3) is 5.56 Å². The van der Waals surface area contributed by atoms with Crippen molar-refractivity contribution in [3.8, 4) is 6.07 Å². The van der Waals surface area contributed by atoms with E-state index in [1.807, 2.05) is 6.07 Å². The molecule has 5 rings (SSSR count). The molecule has 1 aliphatic rings. The summed E-state index contributed by atoms with van der Waals surface area (Å²) in [6, 6.07) is 12.6. The molecule has 1 amide bonds. The number of carbonyl (C=O) groups is 1. The Balaban J connectivity index is 1.50. The molecule has 1 unspecified atom stereocenters. The van der Waals surface area contributed by atoms with Crippen molar-refractivity contribution < 1.29 is 9.21 Å². The molecule has 7 nitrogen and oxygen atoms in total. The molecule has 4 aromatic rings. The molecule has 172 valence electrons. The summed E-state index contributed by atoms with van der Waals surface area (Å²) in [5.41, 5.74) is 1.90. The highest BCUT2D eigenvalue weighted by Gasteiger charge is 2.25. The summed E-state index contributed by atoms with van der Waals surface area (Å²) in [5.74, 6) is 0.381. The minimum Gasteiger partial charge on any atom is -0.467 e. The topological polar surface area (TPSA) is 101 Å². The minimum atomic E-state index is -0.548. The van der Waals surface area contributed by atoms with Crippen molar-refractivity contribution in [1.29, 1.82) is 5.26 Å². The fraction of sp³-hybridized carbons (Fsp3) is 0.280. The van der Waals surface area contributed by atoms with Gasteiger partial charge in [-0.2, -0.15) is 5.26 Å². The zero-order chi connectivity index (χ0) is 23.7. The number of para-hydroxylation sites is 1. The number of amides is 1. The molecule has 9 heteroatoms. The molecule has 1 aliphatic carbocycles. The van der Waals surface area contributed by atoms with E-state index in [4.69, 9.17) is 9.40 Å². The molecule has 0 saturated heterocycles. The molecule has 3 aromatic heterocycles. The Morgan fingerprint density at radius 3 is 2.91 bits per heavy atom. The van der Waals surface area contributed by atoms with Crippen LogP contribution in [0, 0.1) is 11.3 Å². The molecular formula is C25H22N4O3S2. The van der Waals surface area contributed by atoms with Gasteiger partial charge in [0.15, 0.2) is 5.16 Å². The lowest BCUT2D eigenvalue weighted by molar-refractivity contribution is -0.115. The Labute approximate surface area is 204 Å². The summed E-state index contributed by atoms with van der Waals surface area (Å²) in [6.45, 7) is 2.01. The highest BCUT2D eigenvalue weighted by molar-refractivity contribution is 8.00. The quantitative estimate of drug-likeness (QED) is 0.303. The number of nitriles is 1. The lowest BCUT2D eigenvalue weighted by Gasteiger charge is -2.16. The van der Waals surface area contributed by atoms with Crippen LogP contribution in [0.3, 0.4) is 0 Å². The number of aromatic nitrogens is 2. The third-order valence-electron chi connectivity index (χ3n) is 5.89. The van der Waals surface area contributed by atoms with Crippen molar-refractivity contribution in [2.24, 2.45) is 0 Å². The van der Waals surface area contributed by atoms with Crippen molar-refractivity contribution in [1.82, 2.24) is 9.55 Å². The number of nitrogens with zero attached hydrogens (tertiary/aromatic N) is 3. The zero-order valence-corrected chi connectivity index (χ0v) is 20.2. The number of furan rings is 1. The van der Waals surface area contributed by atoms with E-state index in [9.17, 15) is 14.9 Å².